The fourth-order valence-corrected chi connectivity index (χ4v) is 3.87. The zero-order valence-electron chi connectivity index (χ0n) is 15.4. The smallest absolute Gasteiger partial charge is 0.258 e. The molecule has 0 saturated carbocycles. The summed E-state index contributed by atoms with van der Waals surface area (Å²) in [5, 5.41) is 0. The Bertz CT molecular complexity index is 967. The van der Waals surface area contributed by atoms with E-state index in [1.54, 1.807) is 10.5 Å². The van der Waals surface area contributed by atoms with Crippen LogP contribution in [0.5, 0.6) is 0 Å². The molecule has 2 heterocycles. The normalized spacial score (nSPS) is 12.7. The quantitative estimate of drug-likeness (QED) is 0.585. The molecular formula is C21H24BrN3O. The van der Waals surface area contributed by atoms with Crippen LogP contribution in [0.4, 0.5) is 0 Å². The van der Waals surface area contributed by atoms with Crippen LogP contribution in [-0.4, -0.2) is 20.8 Å². The lowest BCUT2D eigenvalue weighted by Gasteiger charge is -2.29. The van der Waals surface area contributed by atoms with E-state index >= 15 is 0 Å². The highest BCUT2D eigenvalue weighted by molar-refractivity contribution is 9.10. The first-order chi connectivity index (χ1) is 12.5. The monoisotopic (exact) mass is 413 g/mol. The summed E-state index contributed by atoms with van der Waals surface area (Å²) in [4.78, 5) is 19.6. The maximum absolute atomic E-state index is 12.5. The highest BCUT2D eigenvalue weighted by Gasteiger charge is 2.18. The molecule has 0 spiro atoms. The Labute approximate surface area is 162 Å². The lowest BCUT2D eigenvalue weighted by Crippen LogP contribution is -2.29. The molecule has 2 aromatic heterocycles. The third kappa shape index (κ3) is 4.05. The Kier molecular flexibility index (Phi) is 5.89. The first kappa shape index (κ1) is 18.8. The van der Waals surface area contributed by atoms with Crippen molar-refractivity contribution in [1.29, 1.82) is 0 Å². The second-order valence-electron chi connectivity index (χ2n) is 6.69. The molecule has 0 saturated heterocycles. The first-order valence-electron chi connectivity index (χ1n) is 8.97. The van der Waals surface area contributed by atoms with E-state index in [4.69, 9.17) is 4.98 Å². The van der Waals surface area contributed by atoms with Crippen LogP contribution in [0, 0.1) is 6.92 Å². The van der Waals surface area contributed by atoms with Gasteiger partial charge in [-0.3, -0.25) is 14.1 Å². The number of nitrogens with zero attached hydrogens (tertiary/aromatic N) is 3. The van der Waals surface area contributed by atoms with Gasteiger partial charge in [0.25, 0.3) is 5.56 Å². The third-order valence-electron chi connectivity index (χ3n) is 4.64. The van der Waals surface area contributed by atoms with Crippen LogP contribution in [0.3, 0.4) is 0 Å². The van der Waals surface area contributed by atoms with Gasteiger partial charge in [-0.2, -0.15) is 0 Å². The van der Waals surface area contributed by atoms with Gasteiger partial charge in [0.15, 0.2) is 0 Å². The summed E-state index contributed by atoms with van der Waals surface area (Å²) in [6.07, 6.45) is 2.88. The van der Waals surface area contributed by atoms with Gasteiger partial charge in [-0.25, -0.2) is 4.98 Å². The molecule has 1 unspecified atom stereocenters. The lowest BCUT2D eigenvalue weighted by molar-refractivity contribution is 0.199. The maximum Gasteiger partial charge on any atom is 0.258 e. The molecule has 1 atom stereocenters. The SMILES string of the molecule is CCCN(Cc1cc(=O)n2cc(C)ccc2n1)C(C)c1ccccc1Br. The molecule has 0 aliphatic rings. The zero-order chi connectivity index (χ0) is 18.7. The zero-order valence-corrected chi connectivity index (χ0v) is 17.0. The number of benzene rings is 1. The van der Waals surface area contributed by atoms with Crippen molar-refractivity contribution in [3.8, 4) is 0 Å². The molecule has 0 fully saturated rings. The second-order valence-corrected chi connectivity index (χ2v) is 7.54. The average Bonchev–Trinajstić information content (AvgIpc) is 2.62. The largest absolute Gasteiger partial charge is 0.291 e. The van der Waals surface area contributed by atoms with Crippen LogP contribution in [0.25, 0.3) is 5.65 Å². The summed E-state index contributed by atoms with van der Waals surface area (Å²) in [5.74, 6) is 0. The molecule has 26 heavy (non-hydrogen) atoms. The summed E-state index contributed by atoms with van der Waals surface area (Å²) in [6.45, 7) is 7.94. The van der Waals surface area contributed by atoms with Gasteiger partial charge in [-0.1, -0.05) is 47.1 Å². The number of pyridine rings is 1. The molecule has 0 aliphatic carbocycles. The van der Waals surface area contributed by atoms with E-state index in [1.165, 1.54) is 5.56 Å². The van der Waals surface area contributed by atoms with Crippen LogP contribution < -0.4 is 5.56 Å². The van der Waals surface area contributed by atoms with E-state index in [2.05, 4.69) is 52.9 Å². The molecule has 136 valence electrons. The number of fused-ring (bicyclic) bond motifs is 1. The van der Waals surface area contributed by atoms with Crippen molar-refractivity contribution in [2.24, 2.45) is 0 Å². The first-order valence-corrected chi connectivity index (χ1v) is 9.76. The number of rotatable bonds is 6. The number of aryl methyl sites for hydroxylation is 1. The molecule has 3 rings (SSSR count). The van der Waals surface area contributed by atoms with Crippen LogP contribution in [-0.2, 0) is 6.54 Å². The topological polar surface area (TPSA) is 37.6 Å². The van der Waals surface area contributed by atoms with Crippen LogP contribution >= 0.6 is 15.9 Å². The predicted molar refractivity (Wildman–Crippen MR) is 109 cm³/mol. The summed E-state index contributed by atoms with van der Waals surface area (Å²) >= 11 is 3.66. The van der Waals surface area contributed by atoms with Gasteiger partial charge in [0.1, 0.15) is 5.65 Å². The Morgan fingerprint density at radius 3 is 2.73 bits per heavy atom. The van der Waals surface area contributed by atoms with Crippen molar-refractivity contribution in [2.75, 3.05) is 6.54 Å². The molecule has 0 radical (unpaired) electrons. The third-order valence-corrected chi connectivity index (χ3v) is 5.36. The summed E-state index contributed by atoms with van der Waals surface area (Å²) in [7, 11) is 0. The Morgan fingerprint density at radius 2 is 2.00 bits per heavy atom. The Hall–Kier alpha value is -1.98. The molecule has 0 bridgehead atoms. The number of halogens is 1. The number of aromatic nitrogens is 2. The highest BCUT2D eigenvalue weighted by atomic mass is 79.9. The minimum atomic E-state index is -0.0290. The van der Waals surface area contributed by atoms with Crippen LogP contribution in [0.15, 0.2) is 57.9 Å². The summed E-state index contributed by atoms with van der Waals surface area (Å²) < 4.78 is 2.72. The predicted octanol–water partition coefficient (Wildman–Crippen LogP) is 4.74. The Morgan fingerprint density at radius 1 is 1.23 bits per heavy atom. The van der Waals surface area contributed by atoms with Gasteiger partial charge in [-0.05, 0) is 50.1 Å². The van der Waals surface area contributed by atoms with Crippen LogP contribution in [0.2, 0.25) is 0 Å². The van der Waals surface area contributed by atoms with Crippen molar-refractivity contribution < 1.29 is 0 Å². The van der Waals surface area contributed by atoms with Crippen molar-refractivity contribution in [3.05, 3.63) is 80.3 Å². The molecular weight excluding hydrogens is 390 g/mol. The van der Waals surface area contributed by atoms with E-state index in [-0.39, 0.29) is 11.6 Å². The van der Waals surface area contributed by atoms with E-state index in [0.29, 0.717) is 12.2 Å². The highest BCUT2D eigenvalue weighted by Crippen LogP contribution is 2.28. The van der Waals surface area contributed by atoms with Gasteiger partial charge in [0.05, 0.1) is 5.69 Å². The Balaban J connectivity index is 1.93. The number of hydrogen-bond acceptors (Lipinski definition) is 3. The van der Waals surface area contributed by atoms with Gasteiger partial charge in [0.2, 0.25) is 0 Å². The van der Waals surface area contributed by atoms with Gasteiger partial charge >= 0.3 is 0 Å². The van der Waals surface area contributed by atoms with Crippen molar-refractivity contribution in [3.63, 3.8) is 0 Å². The van der Waals surface area contributed by atoms with E-state index in [0.717, 1.165) is 28.7 Å². The fourth-order valence-electron chi connectivity index (χ4n) is 3.25. The van der Waals surface area contributed by atoms with Crippen molar-refractivity contribution in [1.82, 2.24) is 14.3 Å². The molecule has 4 nitrogen and oxygen atoms in total. The van der Waals surface area contributed by atoms with Gasteiger partial charge in [-0.15, -0.1) is 0 Å². The lowest BCUT2D eigenvalue weighted by atomic mass is 10.1. The van der Waals surface area contributed by atoms with Crippen LogP contribution in [0.1, 0.15) is 43.1 Å². The fraction of sp³-hybridized carbons (Fsp3) is 0.333. The minimum Gasteiger partial charge on any atom is -0.291 e. The molecule has 3 aromatic rings. The molecule has 0 N–H and O–H groups in total. The summed E-state index contributed by atoms with van der Waals surface area (Å²) in [6, 6.07) is 14.1. The standard InChI is InChI=1S/C21H24BrN3O/c1-4-11-24(16(3)18-7-5-6-8-19(18)22)14-17-12-21(26)25-13-15(2)9-10-20(25)23-17/h5-10,12-13,16H,4,11,14H2,1-3H3. The minimum absolute atomic E-state index is 0.0290. The van der Waals surface area contributed by atoms with E-state index < -0.39 is 0 Å². The average molecular weight is 414 g/mol. The molecule has 0 amide bonds. The number of hydrogen-bond donors (Lipinski definition) is 0. The summed E-state index contributed by atoms with van der Waals surface area (Å²) in [5.41, 5.74) is 3.77. The van der Waals surface area contributed by atoms with E-state index in [1.807, 2.05) is 31.3 Å². The van der Waals surface area contributed by atoms with E-state index in [9.17, 15) is 4.79 Å². The van der Waals surface area contributed by atoms with Crippen molar-refractivity contribution >= 4 is 21.6 Å². The van der Waals surface area contributed by atoms with Gasteiger partial charge in [0, 0.05) is 29.3 Å². The van der Waals surface area contributed by atoms with Gasteiger partial charge < -0.3 is 0 Å². The second kappa shape index (κ2) is 8.14. The maximum atomic E-state index is 12.5. The molecule has 1 aromatic carbocycles. The molecule has 0 aliphatic heterocycles. The van der Waals surface area contributed by atoms with Crippen molar-refractivity contribution in [2.45, 2.75) is 39.8 Å². The molecule has 5 heteroatoms.